The van der Waals surface area contributed by atoms with E-state index in [2.05, 4.69) is 50.4 Å². The summed E-state index contributed by atoms with van der Waals surface area (Å²) < 4.78 is 11.9. The molecule has 0 amide bonds. The van der Waals surface area contributed by atoms with Crippen LogP contribution in [0.1, 0.15) is 17.5 Å². The highest BCUT2D eigenvalue weighted by atomic mass is 79.9. The molecule has 2 heterocycles. The van der Waals surface area contributed by atoms with Crippen molar-refractivity contribution in [3.63, 3.8) is 0 Å². The second kappa shape index (κ2) is 7.81. The first kappa shape index (κ1) is 19.4. The van der Waals surface area contributed by atoms with E-state index in [-0.39, 0.29) is 6.10 Å². The highest BCUT2D eigenvalue weighted by molar-refractivity contribution is 9.10. The Hall–Kier alpha value is -1.96. The fourth-order valence-electron chi connectivity index (χ4n) is 3.87. The molecule has 2 aliphatic heterocycles. The van der Waals surface area contributed by atoms with E-state index in [1.807, 2.05) is 24.3 Å². The van der Waals surface area contributed by atoms with Crippen molar-refractivity contribution in [2.45, 2.75) is 18.1 Å². The van der Waals surface area contributed by atoms with Crippen molar-refractivity contribution in [3.05, 3.63) is 64.1 Å². The normalized spacial score (nSPS) is 24.2. The van der Waals surface area contributed by atoms with Gasteiger partial charge in [0.25, 0.3) is 0 Å². The zero-order valence-corrected chi connectivity index (χ0v) is 18.2. The van der Waals surface area contributed by atoms with Gasteiger partial charge in [-0.1, -0.05) is 40.2 Å². The van der Waals surface area contributed by atoms with E-state index in [9.17, 15) is 0 Å². The molecule has 28 heavy (non-hydrogen) atoms. The van der Waals surface area contributed by atoms with Crippen LogP contribution in [0.2, 0.25) is 0 Å². The van der Waals surface area contributed by atoms with Gasteiger partial charge in [0.15, 0.2) is 5.11 Å². The minimum Gasteiger partial charge on any atom is -0.497 e. The molecule has 146 valence electrons. The minimum atomic E-state index is -0.657. The molecule has 0 bridgehead atoms. The van der Waals surface area contributed by atoms with Gasteiger partial charge in [-0.25, -0.2) is 0 Å². The van der Waals surface area contributed by atoms with E-state index in [4.69, 9.17) is 26.7 Å². The zero-order chi connectivity index (χ0) is 19.7. The molecular weight excluding hydrogens is 438 g/mol. The second-order valence-electron chi connectivity index (χ2n) is 6.88. The predicted molar refractivity (Wildman–Crippen MR) is 118 cm³/mol. The Balaban J connectivity index is 1.92. The monoisotopic (exact) mass is 459 g/mol. The maximum Gasteiger partial charge on any atom is 0.175 e. The first-order valence-corrected chi connectivity index (χ1v) is 10.4. The number of thiocarbonyl (C=S) groups is 1. The summed E-state index contributed by atoms with van der Waals surface area (Å²) in [6.07, 6.45) is 0.972. The van der Waals surface area contributed by atoms with Crippen molar-refractivity contribution in [3.8, 4) is 5.75 Å². The zero-order valence-electron chi connectivity index (χ0n) is 15.8. The summed E-state index contributed by atoms with van der Waals surface area (Å²) in [5.74, 6) is 1.73. The lowest BCUT2D eigenvalue weighted by Crippen LogP contribution is -2.45. The smallest absolute Gasteiger partial charge is 0.175 e. The number of aliphatic imine (C=N–C) groups is 1. The van der Waals surface area contributed by atoms with E-state index in [1.54, 1.807) is 14.2 Å². The summed E-state index contributed by atoms with van der Waals surface area (Å²) in [6, 6.07) is 16.4. The van der Waals surface area contributed by atoms with Gasteiger partial charge in [-0.15, -0.1) is 0 Å². The van der Waals surface area contributed by atoms with Gasteiger partial charge in [-0.3, -0.25) is 4.99 Å². The van der Waals surface area contributed by atoms with Crippen molar-refractivity contribution in [1.29, 1.82) is 0 Å². The van der Waals surface area contributed by atoms with E-state index >= 15 is 0 Å². The predicted octanol–water partition coefficient (Wildman–Crippen LogP) is 3.71. The minimum absolute atomic E-state index is 0.0944. The number of halogens is 1. The van der Waals surface area contributed by atoms with Crippen LogP contribution in [-0.4, -0.2) is 49.3 Å². The van der Waals surface area contributed by atoms with Crippen LogP contribution in [0.4, 0.5) is 0 Å². The van der Waals surface area contributed by atoms with Crippen LogP contribution in [0.25, 0.3) is 0 Å². The first-order chi connectivity index (χ1) is 13.6. The lowest BCUT2D eigenvalue weighted by molar-refractivity contribution is 0.103. The van der Waals surface area contributed by atoms with E-state index < -0.39 is 5.54 Å². The van der Waals surface area contributed by atoms with Crippen molar-refractivity contribution >= 4 is 39.1 Å². The first-order valence-electron chi connectivity index (χ1n) is 9.16. The van der Waals surface area contributed by atoms with Crippen LogP contribution in [-0.2, 0) is 10.3 Å². The summed E-state index contributed by atoms with van der Waals surface area (Å²) in [5.41, 5.74) is 1.48. The molecule has 2 unspecified atom stereocenters. The van der Waals surface area contributed by atoms with E-state index in [0.29, 0.717) is 11.7 Å². The molecule has 1 N–H and O–H groups in total. The Labute approximate surface area is 178 Å². The highest BCUT2D eigenvalue weighted by Crippen LogP contribution is 2.39. The summed E-state index contributed by atoms with van der Waals surface area (Å²) in [5, 5.41) is 4.28. The topological polar surface area (TPSA) is 46.1 Å². The summed E-state index contributed by atoms with van der Waals surface area (Å²) >= 11 is 9.35. The molecule has 0 radical (unpaired) electrons. The van der Waals surface area contributed by atoms with Crippen LogP contribution in [0.3, 0.4) is 0 Å². The maximum atomic E-state index is 5.74. The number of amidine groups is 1. The van der Waals surface area contributed by atoms with Gasteiger partial charge in [0.2, 0.25) is 0 Å². The molecule has 0 spiro atoms. The molecule has 2 atom stereocenters. The molecular formula is C21H22BrN3O2S. The van der Waals surface area contributed by atoms with E-state index in [0.717, 1.165) is 40.2 Å². The quantitative estimate of drug-likeness (QED) is 0.706. The third-order valence-electron chi connectivity index (χ3n) is 5.36. The molecule has 1 fully saturated rings. The number of nitrogens with one attached hydrogen (secondary N) is 1. The van der Waals surface area contributed by atoms with Gasteiger partial charge in [0.05, 0.1) is 19.8 Å². The molecule has 7 heteroatoms. The fourth-order valence-corrected chi connectivity index (χ4v) is 4.60. The SMILES string of the molecule is COc1ccc(C2(c3cccc(Br)c3)NC(=S)N3CCC(OC)CN=C32)cc1. The summed E-state index contributed by atoms with van der Waals surface area (Å²) in [4.78, 5) is 7.10. The Kier molecular flexibility index (Phi) is 5.40. The van der Waals surface area contributed by atoms with Crippen LogP contribution < -0.4 is 10.1 Å². The largest absolute Gasteiger partial charge is 0.497 e. The third kappa shape index (κ3) is 3.21. The third-order valence-corrected chi connectivity index (χ3v) is 6.18. The Bertz CT molecular complexity index is 918. The number of fused-ring (bicyclic) bond motifs is 1. The molecule has 1 saturated heterocycles. The number of ether oxygens (including phenoxy) is 2. The molecule has 0 saturated carbocycles. The van der Waals surface area contributed by atoms with Gasteiger partial charge in [-0.2, -0.15) is 0 Å². The molecule has 0 aromatic heterocycles. The van der Waals surface area contributed by atoms with Crippen molar-refractivity contribution in [2.24, 2.45) is 4.99 Å². The van der Waals surface area contributed by atoms with Crippen LogP contribution in [0, 0.1) is 0 Å². The molecule has 4 rings (SSSR count). The van der Waals surface area contributed by atoms with Crippen molar-refractivity contribution in [1.82, 2.24) is 10.2 Å². The fraction of sp³-hybridized carbons (Fsp3) is 0.333. The summed E-state index contributed by atoms with van der Waals surface area (Å²) in [7, 11) is 3.41. The number of rotatable bonds is 4. The van der Waals surface area contributed by atoms with E-state index in [1.165, 1.54) is 0 Å². The lowest BCUT2D eigenvalue weighted by atomic mass is 9.82. The van der Waals surface area contributed by atoms with Crippen LogP contribution in [0.15, 0.2) is 58.0 Å². The number of nitrogens with zero attached hydrogens (tertiary/aromatic N) is 2. The van der Waals surface area contributed by atoms with Crippen molar-refractivity contribution in [2.75, 3.05) is 27.3 Å². The lowest BCUT2D eigenvalue weighted by Gasteiger charge is -2.31. The molecule has 2 aromatic carbocycles. The Morgan fingerprint density at radius 1 is 1.18 bits per heavy atom. The van der Waals surface area contributed by atoms with Crippen LogP contribution in [0.5, 0.6) is 5.75 Å². The summed E-state index contributed by atoms with van der Waals surface area (Å²) in [6.45, 7) is 1.38. The average Bonchev–Trinajstić information content (AvgIpc) is 2.87. The molecule has 2 aromatic rings. The van der Waals surface area contributed by atoms with Gasteiger partial charge in [-0.05, 0) is 54.0 Å². The van der Waals surface area contributed by atoms with Gasteiger partial charge >= 0.3 is 0 Å². The number of hydrogen-bond donors (Lipinski definition) is 1. The Morgan fingerprint density at radius 3 is 2.64 bits per heavy atom. The maximum absolute atomic E-state index is 5.74. The molecule has 5 nitrogen and oxygen atoms in total. The van der Waals surface area contributed by atoms with Gasteiger partial charge in [0.1, 0.15) is 17.1 Å². The number of methoxy groups -OCH3 is 2. The van der Waals surface area contributed by atoms with Gasteiger partial charge in [0, 0.05) is 18.1 Å². The van der Waals surface area contributed by atoms with Gasteiger partial charge < -0.3 is 19.7 Å². The number of hydrogen-bond acceptors (Lipinski definition) is 4. The molecule has 2 aliphatic rings. The van der Waals surface area contributed by atoms with Crippen LogP contribution >= 0.6 is 28.1 Å². The standard InChI is InChI=1S/C21H22BrN3O2S/c1-26-17-8-6-14(7-9-17)21(15-4-3-5-16(22)12-15)19-23-13-18(27-2)10-11-25(19)20(28)24-21/h3-9,12,18H,10-11,13H2,1-2H3,(H,24,28). The Morgan fingerprint density at radius 2 is 1.96 bits per heavy atom. The molecule has 0 aliphatic carbocycles. The highest BCUT2D eigenvalue weighted by Gasteiger charge is 2.50. The van der Waals surface area contributed by atoms with Crippen molar-refractivity contribution < 1.29 is 9.47 Å². The second-order valence-corrected chi connectivity index (χ2v) is 8.18. The average molecular weight is 460 g/mol. The number of benzene rings is 2.